The van der Waals surface area contributed by atoms with E-state index in [1.54, 1.807) is 0 Å². The Bertz CT molecular complexity index is 88.7. The van der Waals surface area contributed by atoms with Gasteiger partial charge in [0.25, 0.3) is 0 Å². The maximum Gasteiger partial charge on any atom is 0.0487 e. The van der Waals surface area contributed by atoms with E-state index in [1.807, 2.05) is 0 Å². The number of hydrogen-bond acceptors (Lipinski definition) is 1. The van der Waals surface area contributed by atoms with E-state index in [2.05, 4.69) is 27.7 Å². The van der Waals surface area contributed by atoms with Gasteiger partial charge in [-0.25, -0.2) is 0 Å². The smallest absolute Gasteiger partial charge is 0.0487 e. The van der Waals surface area contributed by atoms with Crippen LogP contribution < -0.4 is 0 Å². The highest BCUT2D eigenvalue weighted by molar-refractivity contribution is 4.75. The van der Waals surface area contributed by atoms with Gasteiger partial charge in [-0.15, -0.1) is 0 Å². The molecule has 1 N–H and O–H groups in total. The molecule has 0 radical (unpaired) electrons. The molecular weight excluding hydrogens is 124 g/mol. The number of hydrogen-bond donors (Lipinski definition) is 1. The molecular formula is C9H20O. The summed E-state index contributed by atoms with van der Waals surface area (Å²) in [5, 5.41) is 9.09. The Morgan fingerprint density at radius 3 is 2.00 bits per heavy atom. The number of aliphatic hydroxyl groups excluding tert-OH is 1. The van der Waals surface area contributed by atoms with E-state index >= 15 is 0 Å². The Morgan fingerprint density at radius 2 is 1.90 bits per heavy atom. The molecule has 1 atom stereocenters. The fourth-order valence-corrected chi connectivity index (χ4v) is 1.12. The van der Waals surface area contributed by atoms with Crippen molar-refractivity contribution in [3.05, 3.63) is 0 Å². The van der Waals surface area contributed by atoms with Crippen LogP contribution in [0.3, 0.4) is 0 Å². The summed E-state index contributed by atoms with van der Waals surface area (Å²) in [7, 11) is 0. The van der Waals surface area contributed by atoms with Crippen LogP contribution >= 0.6 is 0 Å². The lowest BCUT2D eigenvalue weighted by atomic mass is 9.76. The first-order chi connectivity index (χ1) is 4.56. The first kappa shape index (κ1) is 9.96. The van der Waals surface area contributed by atoms with Crippen molar-refractivity contribution in [2.45, 2.75) is 40.5 Å². The summed E-state index contributed by atoms with van der Waals surface area (Å²) in [6.07, 6.45) is 2.29. The molecule has 0 aromatic carbocycles. The van der Waals surface area contributed by atoms with Gasteiger partial charge < -0.3 is 5.11 Å². The molecule has 0 spiro atoms. The SMILES string of the molecule is CCCC(C)(CO)C(C)C. The van der Waals surface area contributed by atoms with Gasteiger partial charge in [0.1, 0.15) is 0 Å². The maximum absolute atomic E-state index is 9.09. The normalized spacial score (nSPS) is 17.4. The zero-order valence-electron chi connectivity index (χ0n) is 7.65. The molecule has 0 bridgehead atoms. The Kier molecular flexibility index (Phi) is 3.95. The molecule has 0 amide bonds. The number of rotatable bonds is 4. The second-order valence-corrected chi connectivity index (χ2v) is 3.72. The van der Waals surface area contributed by atoms with Crippen LogP contribution in [-0.2, 0) is 0 Å². The van der Waals surface area contributed by atoms with Gasteiger partial charge >= 0.3 is 0 Å². The molecule has 1 heteroatoms. The largest absolute Gasteiger partial charge is 0.396 e. The molecule has 62 valence electrons. The van der Waals surface area contributed by atoms with Gasteiger partial charge in [0.05, 0.1) is 0 Å². The molecule has 0 saturated heterocycles. The van der Waals surface area contributed by atoms with Gasteiger partial charge in [-0.05, 0) is 17.8 Å². The highest BCUT2D eigenvalue weighted by Crippen LogP contribution is 2.31. The molecule has 0 aromatic rings. The average Bonchev–Trinajstić information content (AvgIpc) is 1.88. The zero-order valence-corrected chi connectivity index (χ0v) is 7.65. The van der Waals surface area contributed by atoms with Gasteiger partial charge in [-0.2, -0.15) is 0 Å². The fourth-order valence-electron chi connectivity index (χ4n) is 1.12. The van der Waals surface area contributed by atoms with E-state index in [1.165, 1.54) is 0 Å². The third kappa shape index (κ3) is 2.30. The summed E-state index contributed by atoms with van der Waals surface area (Å²) in [5.41, 5.74) is 0.148. The van der Waals surface area contributed by atoms with Crippen LogP contribution in [0.1, 0.15) is 40.5 Å². The van der Waals surface area contributed by atoms with E-state index in [9.17, 15) is 0 Å². The minimum Gasteiger partial charge on any atom is -0.396 e. The summed E-state index contributed by atoms with van der Waals surface area (Å²) >= 11 is 0. The van der Waals surface area contributed by atoms with Crippen molar-refractivity contribution < 1.29 is 5.11 Å². The molecule has 0 aliphatic carbocycles. The Balaban J connectivity index is 3.94. The van der Waals surface area contributed by atoms with E-state index in [4.69, 9.17) is 5.11 Å². The lowest BCUT2D eigenvalue weighted by Gasteiger charge is -2.31. The summed E-state index contributed by atoms with van der Waals surface area (Å²) in [6, 6.07) is 0. The summed E-state index contributed by atoms with van der Waals surface area (Å²) in [4.78, 5) is 0. The lowest BCUT2D eigenvalue weighted by molar-refractivity contribution is 0.0847. The van der Waals surface area contributed by atoms with Gasteiger partial charge in [0, 0.05) is 6.61 Å². The molecule has 0 saturated carbocycles. The molecule has 1 nitrogen and oxygen atoms in total. The standard InChI is InChI=1S/C9H20O/c1-5-6-9(4,7-10)8(2)3/h8,10H,5-7H2,1-4H3. The first-order valence-electron chi connectivity index (χ1n) is 4.17. The molecule has 10 heavy (non-hydrogen) atoms. The highest BCUT2D eigenvalue weighted by Gasteiger charge is 2.25. The van der Waals surface area contributed by atoms with Crippen molar-refractivity contribution in [2.75, 3.05) is 6.61 Å². The van der Waals surface area contributed by atoms with Crippen LogP contribution in [0.15, 0.2) is 0 Å². The van der Waals surface area contributed by atoms with Gasteiger partial charge in [-0.1, -0.05) is 34.1 Å². The van der Waals surface area contributed by atoms with Crippen molar-refractivity contribution in [1.29, 1.82) is 0 Å². The third-order valence-electron chi connectivity index (χ3n) is 2.58. The van der Waals surface area contributed by atoms with Crippen molar-refractivity contribution in [1.82, 2.24) is 0 Å². The van der Waals surface area contributed by atoms with Crippen molar-refractivity contribution >= 4 is 0 Å². The summed E-state index contributed by atoms with van der Waals surface area (Å²) in [6.45, 7) is 8.98. The molecule has 0 aliphatic heterocycles. The van der Waals surface area contributed by atoms with E-state index in [0.717, 1.165) is 12.8 Å². The van der Waals surface area contributed by atoms with Crippen LogP contribution in [0.25, 0.3) is 0 Å². The van der Waals surface area contributed by atoms with Crippen LogP contribution in [0.2, 0.25) is 0 Å². The third-order valence-corrected chi connectivity index (χ3v) is 2.58. The Labute approximate surface area is 64.5 Å². The topological polar surface area (TPSA) is 20.2 Å². The van der Waals surface area contributed by atoms with E-state index < -0.39 is 0 Å². The highest BCUT2D eigenvalue weighted by atomic mass is 16.3. The predicted octanol–water partition coefficient (Wildman–Crippen LogP) is 2.44. The molecule has 0 aromatic heterocycles. The van der Waals surface area contributed by atoms with Crippen molar-refractivity contribution in [3.63, 3.8) is 0 Å². The average molecular weight is 144 g/mol. The quantitative estimate of drug-likeness (QED) is 0.642. The van der Waals surface area contributed by atoms with Gasteiger partial charge in [-0.3, -0.25) is 0 Å². The second kappa shape index (κ2) is 3.97. The van der Waals surface area contributed by atoms with E-state index in [-0.39, 0.29) is 5.41 Å². The predicted molar refractivity (Wildman–Crippen MR) is 44.9 cm³/mol. The maximum atomic E-state index is 9.09. The Hall–Kier alpha value is -0.0400. The lowest BCUT2D eigenvalue weighted by Crippen LogP contribution is -2.27. The number of aliphatic hydroxyl groups is 1. The van der Waals surface area contributed by atoms with Gasteiger partial charge in [0.2, 0.25) is 0 Å². The minimum absolute atomic E-state index is 0.148. The minimum atomic E-state index is 0.148. The van der Waals surface area contributed by atoms with Crippen LogP contribution in [0, 0.1) is 11.3 Å². The molecule has 0 heterocycles. The van der Waals surface area contributed by atoms with Gasteiger partial charge in [0.15, 0.2) is 0 Å². The summed E-state index contributed by atoms with van der Waals surface area (Å²) < 4.78 is 0. The molecule has 0 fully saturated rings. The summed E-state index contributed by atoms with van der Waals surface area (Å²) in [5.74, 6) is 0.581. The fraction of sp³-hybridized carbons (Fsp3) is 1.00. The van der Waals surface area contributed by atoms with E-state index in [0.29, 0.717) is 12.5 Å². The van der Waals surface area contributed by atoms with Crippen LogP contribution in [0.5, 0.6) is 0 Å². The van der Waals surface area contributed by atoms with Crippen molar-refractivity contribution in [2.24, 2.45) is 11.3 Å². The van der Waals surface area contributed by atoms with Crippen LogP contribution in [0.4, 0.5) is 0 Å². The molecule has 1 unspecified atom stereocenters. The van der Waals surface area contributed by atoms with Crippen molar-refractivity contribution in [3.8, 4) is 0 Å². The molecule has 0 rings (SSSR count). The Morgan fingerprint density at radius 1 is 1.40 bits per heavy atom. The molecule has 0 aliphatic rings. The zero-order chi connectivity index (χ0) is 8.20. The van der Waals surface area contributed by atoms with Crippen LogP contribution in [-0.4, -0.2) is 11.7 Å². The second-order valence-electron chi connectivity index (χ2n) is 3.72. The monoisotopic (exact) mass is 144 g/mol. The first-order valence-corrected chi connectivity index (χ1v) is 4.17.